The van der Waals surface area contributed by atoms with Gasteiger partial charge in [0.25, 0.3) is 11.6 Å². The van der Waals surface area contributed by atoms with Crippen LogP contribution in [0.5, 0.6) is 0 Å². The number of nitrogens with zero attached hydrogens (tertiary/aromatic N) is 2. The van der Waals surface area contributed by atoms with E-state index in [-0.39, 0.29) is 22.2 Å². The van der Waals surface area contributed by atoms with E-state index < -0.39 is 4.92 Å². The van der Waals surface area contributed by atoms with Gasteiger partial charge in [0.1, 0.15) is 5.02 Å². The second kappa shape index (κ2) is 5.98. The predicted octanol–water partition coefficient (Wildman–Crippen LogP) is 2.94. The van der Waals surface area contributed by atoms with Crippen LogP contribution in [0.4, 0.5) is 5.69 Å². The summed E-state index contributed by atoms with van der Waals surface area (Å²) < 4.78 is 0. The minimum atomic E-state index is -0.595. The van der Waals surface area contributed by atoms with Crippen molar-refractivity contribution in [1.29, 1.82) is 0 Å². The van der Waals surface area contributed by atoms with Gasteiger partial charge < -0.3 is 5.32 Å². The van der Waals surface area contributed by atoms with Gasteiger partial charge in [0.2, 0.25) is 0 Å². The zero-order valence-corrected chi connectivity index (χ0v) is 12.0. The zero-order chi connectivity index (χ0) is 14.7. The van der Waals surface area contributed by atoms with Crippen molar-refractivity contribution in [2.45, 2.75) is 13.5 Å². The highest BCUT2D eigenvalue weighted by atomic mass is 35.5. The molecule has 104 valence electrons. The Morgan fingerprint density at radius 1 is 1.55 bits per heavy atom. The lowest BCUT2D eigenvalue weighted by atomic mass is 10.2. The molecule has 1 aromatic carbocycles. The Labute approximate surface area is 123 Å². The summed E-state index contributed by atoms with van der Waals surface area (Å²) in [7, 11) is 0. The van der Waals surface area contributed by atoms with Crippen molar-refractivity contribution in [2.75, 3.05) is 0 Å². The molecule has 0 unspecified atom stereocenters. The average Bonchev–Trinajstić information content (AvgIpc) is 2.81. The largest absolute Gasteiger partial charge is 0.346 e. The fourth-order valence-electron chi connectivity index (χ4n) is 1.56. The molecular weight excluding hydrogens is 302 g/mol. The van der Waals surface area contributed by atoms with Gasteiger partial charge in [-0.1, -0.05) is 11.6 Å². The zero-order valence-electron chi connectivity index (χ0n) is 10.4. The molecule has 0 fully saturated rings. The number of carbonyl (C=O) groups is 1. The molecule has 1 heterocycles. The summed E-state index contributed by atoms with van der Waals surface area (Å²) in [4.78, 5) is 26.1. The van der Waals surface area contributed by atoms with Crippen LogP contribution in [0.3, 0.4) is 0 Å². The summed E-state index contributed by atoms with van der Waals surface area (Å²) in [5.74, 6) is -0.354. The van der Waals surface area contributed by atoms with Gasteiger partial charge in [-0.25, -0.2) is 4.98 Å². The lowest BCUT2D eigenvalue weighted by molar-refractivity contribution is -0.384. The van der Waals surface area contributed by atoms with Crippen molar-refractivity contribution in [2.24, 2.45) is 0 Å². The Kier molecular flexibility index (Phi) is 4.31. The molecule has 1 amide bonds. The maximum Gasteiger partial charge on any atom is 0.287 e. The van der Waals surface area contributed by atoms with E-state index in [1.54, 1.807) is 0 Å². The van der Waals surface area contributed by atoms with E-state index in [4.69, 9.17) is 11.6 Å². The molecular formula is C12H10ClN3O3S. The molecule has 0 bridgehead atoms. The third-order valence-corrected chi connectivity index (χ3v) is 3.63. The molecule has 0 aliphatic carbocycles. The van der Waals surface area contributed by atoms with Crippen LogP contribution in [0, 0.1) is 17.0 Å². The number of rotatable bonds is 4. The number of carbonyl (C=O) groups excluding carboxylic acids is 1. The highest BCUT2D eigenvalue weighted by molar-refractivity contribution is 7.09. The first-order chi connectivity index (χ1) is 9.47. The van der Waals surface area contributed by atoms with Crippen LogP contribution in [0.25, 0.3) is 0 Å². The fraction of sp³-hybridized carbons (Fsp3) is 0.167. The Morgan fingerprint density at radius 3 is 2.85 bits per heavy atom. The Bertz CT molecular complexity index is 672. The molecule has 20 heavy (non-hydrogen) atoms. The molecule has 0 saturated carbocycles. The number of nitrogens with one attached hydrogen (secondary N) is 1. The fourth-order valence-corrected chi connectivity index (χ4v) is 2.42. The van der Waals surface area contributed by atoms with Gasteiger partial charge in [-0.2, -0.15) is 0 Å². The van der Waals surface area contributed by atoms with E-state index >= 15 is 0 Å². The number of nitro groups is 1. The van der Waals surface area contributed by atoms with Gasteiger partial charge in [-0.05, 0) is 19.1 Å². The summed E-state index contributed by atoms with van der Waals surface area (Å²) in [6.45, 7) is 2.18. The Hall–Kier alpha value is -1.99. The van der Waals surface area contributed by atoms with Crippen LogP contribution in [-0.4, -0.2) is 15.8 Å². The second-order valence-corrected chi connectivity index (χ2v) is 5.43. The first-order valence-electron chi connectivity index (χ1n) is 5.60. The summed E-state index contributed by atoms with van der Waals surface area (Å²) in [6, 6.07) is 3.86. The Morgan fingerprint density at radius 2 is 2.30 bits per heavy atom. The van der Waals surface area contributed by atoms with Crippen LogP contribution in [0.1, 0.15) is 21.1 Å². The summed E-state index contributed by atoms with van der Waals surface area (Å²) in [5.41, 5.74) is 0.819. The van der Waals surface area contributed by atoms with Crippen LogP contribution >= 0.6 is 22.9 Å². The standard InChI is InChI=1S/C12H10ClN3O3S/c1-7-15-9(6-20-7)5-14-12(17)8-2-3-11(16(18)19)10(13)4-8/h2-4,6H,5H2,1H3,(H,14,17). The number of halogens is 1. The van der Waals surface area contributed by atoms with E-state index in [9.17, 15) is 14.9 Å². The highest BCUT2D eigenvalue weighted by Crippen LogP contribution is 2.24. The average molecular weight is 312 g/mol. The second-order valence-electron chi connectivity index (χ2n) is 3.96. The highest BCUT2D eigenvalue weighted by Gasteiger charge is 2.15. The molecule has 1 aromatic heterocycles. The predicted molar refractivity (Wildman–Crippen MR) is 76.1 cm³/mol. The topological polar surface area (TPSA) is 85.1 Å². The molecule has 8 heteroatoms. The van der Waals surface area contributed by atoms with E-state index in [0.29, 0.717) is 6.54 Å². The molecule has 1 N–H and O–H groups in total. The van der Waals surface area contributed by atoms with Crippen molar-refractivity contribution >= 4 is 34.5 Å². The van der Waals surface area contributed by atoms with Gasteiger partial charge in [0.15, 0.2) is 0 Å². The number of benzene rings is 1. The van der Waals surface area contributed by atoms with E-state index in [1.165, 1.54) is 29.5 Å². The SMILES string of the molecule is Cc1nc(CNC(=O)c2ccc([N+](=O)[O-])c(Cl)c2)cs1. The number of hydrogen-bond acceptors (Lipinski definition) is 5. The van der Waals surface area contributed by atoms with Crippen molar-refractivity contribution in [3.8, 4) is 0 Å². The lowest BCUT2D eigenvalue weighted by Gasteiger charge is -2.04. The van der Waals surface area contributed by atoms with E-state index in [1.807, 2.05) is 12.3 Å². The molecule has 2 rings (SSSR count). The van der Waals surface area contributed by atoms with Crippen molar-refractivity contribution in [3.05, 3.63) is 55.0 Å². The quantitative estimate of drug-likeness (QED) is 0.695. The normalized spacial score (nSPS) is 10.3. The van der Waals surface area contributed by atoms with Crippen molar-refractivity contribution in [3.63, 3.8) is 0 Å². The number of aromatic nitrogens is 1. The van der Waals surface area contributed by atoms with Crippen molar-refractivity contribution < 1.29 is 9.72 Å². The maximum atomic E-state index is 11.9. The van der Waals surface area contributed by atoms with Crippen LogP contribution in [0.2, 0.25) is 5.02 Å². The van der Waals surface area contributed by atoms with Gasteiger partial charge in [0, 0.05) is 17.0 Å². The summed E-state index contributed by atoms with van der Waals surface area (Å²) in [6.07, 6.45) is 0. The van der Waals surface area contributed by atoms with Gasteiger partial charge in [-0.15, -0.1) is 11.3 Å². The van der Waals surface area contributed by atoms with E-state index in [0.717, 1.165) is 10.7 Å². The smallest absolute Gasteiger partial charge is 0.287 e. The first-order valence-corrected chi connectivity index (χ1v) is 6.86. The van der Waals surface area contributed by atoms with Gasteiger partial charge in [0.05, 0.1) is 22.2 Å². The molecule has 0 spiro atoms. The molecule has 6 nitrogen and oxygen atoms in total. The summed E-state index contributed by atoms with van der Waals surface area (Å²) >= 11 is 7.26. The van der Waals surface area contributed by atoms with Crippen LogP contribution < -0.4 is 5.32 Å². The number of hydrogen-bond donors (Lipinski definition) is 1. The van der Waals surface area contributed by atoms with Crippen LogP contribution in [-0.2, 0) is 6.54 Å². The number of thiazole rings is 1. The summed E-state index contributed by atoms with van der Waals surface area (Å²) in [5, 5.41) is 16.0. The van der Waals surface area contributed by atoms with E-state index in [2.05, 4.69) is 10.3 Å². The van der Waals surface area contributed by atoms with Crippen molar-refractivity contribution in [1.82, 2.24) is 10.3 Å². The minimum absolute atomic E-state index is 0.0628. The molecule has 0 radical (unpaired) electrons. The van der Waals surface area contributed by atoms with Gasteiger partial charge >= 0.3 is 0 Å². The molecule has 0 aliphatic heterocycles. The third kappa shape index (κ3) is 3.31. The number of nitro benzene ring substituents is 1. The molecule has 2 aromatic rings. The van der Waals surface area contributed by atoms with Crippen LogP contribution in [0.15, 0.2) is 23.6 Å². The van der Waals surface area contributed by atoms with Gasteiger partial charge in [-0.3, -0.25) is 14.9 Å². The number of aryl methyl sites for hydroxylation is 1. The molecule has 0 atom stereocenters. The monoisotopic (exact) mass is 311 g/mol. The Balaban J connectivity index is 2.06. The lowest BCUT2D eigenvalue weighted by Crippen LogP contribution is -2.22. The minimum Gasteiger partial charge on any atom is -0.346 e. The molecule has 0 aliphatic rings. The number of amides is 1. The third-order valence-electron chi connectivity index (χ3n) is 2.50. The first kappa shape index (κ1) is 14.4. The molecule has 0 saturated heterocycles. The maximum absolute atomic E-state index is 11.9.